The largest absolute Gasteiger partial charge is 0.321 e. The van der Waals surface area contributed by atoms with Gasteiger partial charge >= 0.3 is 6.03 Å². The minimum atomic E-state index is -1.06. The molecule has 1 unspecified atom stereocenters. The summed E-state index contributed by atoms with van der Waals surface area (Å²) in [5.41, 5.74) is 5.88. The van der Waals surface area contributed by atoms with Crippen molar-refractivity contribution in [2.24, 2.45) is 4.99 Å². The lowest BCUT2D eigenvalue weighted by Gasteiger charge is -2.21. The first-order chi connectivity index (χ1) is 15.5. The summed E-state index contributed by atoms with van der Waals surface area (Å²) in [5, 5.41) is 5.69. The van der Waals surface area contributed by atoms with Crippen LogP contribution in [0.4, 0.5) is 16.2 Å². The number of rotatable bonds is 4. The number of likely N-dealkylation sites (N-methyl/N-ethyl adjacent to an activating group) is 1. The molecule has 6 heteroatoms. The maximum atomic E-state index is 13.2. The van der Waals surface area contributed by atoms with Crippen molar-refractivity contribution < 1.29 is 9.59 Å². The number of aryl methyl sites for hydroxylation is 2. The van der Waals surface area contributed by atoms with Crippen LogP contribution in [0.2, 0.25) is 0 Å². The molecule has 162 valence electrons. The molecule has 3 aromatic rings. The molecule has 0 spiro atoms. The van der Waals surface area contributed by atoms with Crippen LogP contribution in [0, 0.1) is 6.92 Å². The Kier molecular flexibility index (Phi) is 6.03. The molecule has 1 heterocycles. The van der Waals surface area contributed by atoms with E-state index in [-0.39, 0.29) is 5.91 Å². The van der Waals surface area contributed by atoms with Gasteiger partial charge in [0.1, 0.15) is 0 Å². The lowest BCUT2D eigenvalue weighted by atomic mass is 10.0. The number of amides is 3. The average Bonchev–Trinajstić information content (AvgIpc) is 2.92. The molecule has 0 aromatic heterocycles. The zero-order chi connectivity index (χ0) is 22.7. The van der Waals surface area contributed by atoms with Crippen LogP contribution < -0.4 is 15.5 Å². The minimum absolute atomic E-state index is 0.306. The fourth-order valence-electron chi connectivity index (χ4n) is 3.92. The zero-order valence-corrected chi connectivity index (χ0v) is 18.4. The molecule has 3 aromatic carbocycles. The maximum Gasteiger partial charge on any atom is 0.321 e. The maximum absolute atomic E-state index is 13.2. The number of para-hydroxylation sites is 2. The van der Waals surface area contributed by atoms with E-state index in [2.05, 4.69) is 10.6 Å². The van der Waals surface area contributed by atoms with Crippen molar-refractivity contribution in [2.45, 2.75) is 26.4 Å². The Morgan fingerprint density at radius 1 is 1.00 bits per heavy atom. The van der Waals surface area contributed by atoms with Gasteiger partial charge in [-0.15, -0.1) is 0 Å². The first kappa shape index (κ1) is 21.3. The fraction of sp³-hybridized carbons (Fsp3) is 0.192. The van der Waals surface area contributed by atoms with Gasteiger partial charge < -0.3 is 15.5 Å². The van der Waals surface area contributed by atoms with Crippen LogP contribution in [0.3, 0.4) is 0 Å². The molecule has 3 amide bonds. The van der Waals surface area contributed by atoms with E-state index in [1.807, 2.05) is 86.6 Å². The van der Waals surface area contributed by atoms with E-state index in [1.165, 1.54) is 0 Å². The number of carbonyl (C=O) groups is 2. The SMILES string of the molecule is CCc1cccc(C)c1NC(=O)NC1N=C(c2ccccc2)c2ccccc2N(C)C1=O. The van der Waals surface area contributed by atoms with Gasteiger partial charge in [0.25, 0.3) is 5.91 Å². The van der Waals surface area contributed by atoms with Gasteiger partial charge in [-0.05, 0) is 30.5 Å². The molecule has 0 saturated carbocycles. The van der Waals surface area contributed by atoms with Crippen LogP contribution in [0.1, 0.15) is 29.2 Å². The number of benzodiazepines with no additional fused rings is 1. The number of hydrogen-bond donors (Lipinski definition) is 2. The van der Waals surface area contributed by atoms with Crippen molar-refractivity contribution in [3.05, 3.63) is 95.1 Å². The van der Waals surface area contributed by atoms with Crippen molar-refractivity contribution in [3.63, 3.8) is 0 Å². The molecule has 6 nitrogen and oxygen atoms in total. The van der Waals surface area contributed by atoms with Crippen molar-refractivity contribution in [2.75, 3.05) is 17.3 Å². The molecular formula is C26H26N4O2. The van der Waals surface area contributed by atoms with Crippen LogP contribution in [0.5, 0.6) is 0 Å². The van der Waals surface area contributed by atoms with E-state index >= 15 is 0 Å². The monoisotopic (exact) mass is 426 g/mol. The molecule has 1 aliphatic rings. The summed E-state index contributed by atoms with van der Waals surface area (Å²) in [6.45, 7) is 3.98. The van der Waals surface area contributed by atoms with Gasteiger partial charge in [0.05, 0.1) is 11.4 Å². The van der Waals surface area contributed by atoms with Gasteiger partial charge in [0.15, 0.2) is 0 Å². The molecule has 0 fully saturated rings. The third-order valence-corrected chi connectivity index (χ3v) is 5.64. The second-order valence-corrected chi connectivity index (χ2v) is 7.72. The predicted octanol–water partition coefficient (Wildman–Crippen LogP) is 4.52. The number of urea groups is 1. The van der Waals surface area contributed by atoms with Crippen molar-refractivity contribution >= 4 is 29.0 Å². The van der Waals surface area contributed by atoms with Crippen LogP contribution in [0.15, 0.2) is 77.8 Å². The van der Waals surface area contributed by atoms with Crippen molar-refractivity contribution in [1.82, 2.24) is 5.32 Å². The quantitative estimate of drug-likeness (QED) is 0.644. The minimum Gasteiger partial charge on any atom is -0.311 e. The van der Waals surface area contributed by atoms with E-state index in [1.54, 1.807) is 11.9 Å². The van der Waals surface area contributed by atoms with Crippen LogP contribution in [-0.2, 0) is 11.2 Å². The second kappa shape index (κ2) is 9.06. The molecule has 0 saturated heterocycles. The highest BCUT2D eigenvalue weighted by Gasteiger charge is 2.31. The Morgan fingerprint density at radius 2 is 1.72 bits per heavy atom. The van der Waals surface area contributed by atoms with E-state index in [9.17, 15) is 9.59 Å². The Hall–Kier alpha value is -3.93. The first-order valence-electron chi connectivity index (χ1n) is 10.7. The molecule has 32 heavy (non-hydrogen) atoms. The van der Waals surface area contributed by atoms with Crippen molar-refractivity contribution in [3.8, 4) is 0 Å². The normalized spacial score (nSPS) is 15.5. The second-order valence-electron chi connectivity index (χ2n) is 7.72. The topological polar surface area (TPSA) is 73.8 Å². The zero-order valence-electron chi connectivity index (χ0n) is 18.4. The molecule has 0 bridgehead atoms. The van der Waals surface area contributed by atoms with Gasteiger partial charge in [0.2, 0.25) is 6.17 Å². The molecule has 4 rings (SSSR count). The lowest BCUT2D eigenvalue weighted by molar-refractivity contribution is -0.119. The number of benzene rings is 3. The summed E-state index contributed by atoms with van der Waals surface area (Å²) in [6, 6.07) is 22.7. The molecular weight excluding hydrogens is 400 g/mol. The summed E-state index contributed by atoms with van der Waals surface area (Å²) in [7, 11) is 1.70. The van der Waals surface area contributed by atoms with Gasteiger partial charge in [-0.2, -0.15) is 0 Å². The van der Waals surface area contributed by atoms with E-state index in [4.69, 9.17) is 4.99 Å². The van der Waals surface area contributed by atoms with Gasteiger partial charge in [0, 0.05) is 23.9 Å². The summed E-state index contributed by atoms with van der Waals surface area (Å²) < 4.78 is 0. The number of anilines is 2. The highest BCUT2D eigenvalue weighted by Crippen LogP contribution is 2.27. The average molecular weight is 427 g/mol. The Bertz CT molecular complexity index is 1190. The Labute approximate surface area is 188 Å². The van der Waals surface area contributed by atoms with Gasteiger partial charge in [-0.1, -0.05) is 73.7 Å². The summed E-state index contributed by atoms with van der Waals surface area (Å²) in [5.74, 6) is -0.306. The Balaban J connectivity index is 1.69. The number of carbonyl (C=O) groups excluding carboxylic acids is 2. The highest BCUT2D eigenvalue weighted by molar-refractivity contribution is 6.20. The van der Waals surface area contributed by atoms with Crippen LogP contribution >= 0.6 is 0 Å². The number of hydrogen-bond acceptors (Lipinski definition) is 3. The van der Waals surface area contributed by atoms with E-state index < -0.39 is 12.2 Å². The third-order valence-electron chi connectivity index (χ3n) is 5.64. The molecule has 0 aliphatic carbocycles. The standard InChI is InChI=1S/C26H26N4O2/c1-4-18-14-10-11-17(2)22(18)28-26(32)29-24-25(31)30(3)21-16-9-8-15-20(21)23(27-24)19-12-6-5-7-13-19/h5-16,24H,4H2,1-3H3,(H2,28,29,32). The number of nitrogens with zero attached hydrogens (tertiary/aromatic N) is 2. The smallest absolute Gasteiger partial charge is 0.311 e. The van der Waals surface area contributed by atoms with Crippen molar-refractivity contribution in [1.29, 1.82) is 0 Å². The van der Waals surface area contributed by atoms with E-state index in [0.29, 0.717) is 5.71 Å². The summed E-state index contributed by atoms with van der Waals surface area (Å²) >= 11 is 0. The number of fused-ring (bicyclic) bond motifs is 1. The van der Waals surface area contributed by atoms with Crippen LogP contribution in [-0.4, -0.2) is 30.9 Å². The third kappa shape index (κ3) is 4.12. The molecule has 1 aliphatic heterocycles. The van der Waals surface area contributed by atoms with Gasteiger partial charge in [-0.3, -0.25) is 4.79 Å². The Morgan fingerprint density at radius 3 is 2.47 bits per heavy atom. The van der Waals surface area contributed by atoms with Gasteiger partial charge in [-0.25, -0.2) is 9.79 Å². The summed E-state index contributed by atoms with van der Waals surface area (Å²) in [6.07, 6.45) is -0.273. The predicted molar refractivity (Wildman–Crippen MR) is 128 cm³/mol. The highest BCUT2D eigenvalue weighted by atomic mass is 16.2. The molecule has 0 radical (unpaired) electrons. The fourth-order valence-corrected chi connectivity index (χ4v) is 3.92. The molecule has 2 N–H and O–H groups in total. The number of nitrogens with one attached hydrogen (secondary N) is 2. The van der Waals surface area contributed by atoms with Crippen LogP contribution in [0.25, 0.3) is 0 Å². The number of aliphatic imine (C=N–C) groups is 1. The van der Waals surface area contributed by atoms with E-state index in [0.717, 1.165) is 40.0 Å². The lowest BCUT2D eigenvalue weighted by Crippen LogP contribution is -2.47. The first-order valence-corrected chi connectivity index (χ1v) is 10.7. The summed E-state index contributed by atoms with van der Waals surface area (Å²) in [4.78, 5) is 32.4. The molecule has 1 atom stereocenters.